The van der Waals surface area contributed by atoms with Crippen LogP contribution in [-0.4, -0.2) is 32.8 Å². The molecule has 20 heavy (non-hydrogen) atoms. The summed E-state index contributed by atoms with van der Waals surface area (Å²) >= 11 is 0. The van der Waals surface area contributed by atoms with E-state index in [2.05, 4.69) is 20.5 Å². The zero-order chi connectivity index (χ0) is 13.9. The fraction of sp³-hybridized carbons (Fsp3) is 0.357. The lowest BCUT2D eigenvalue weighted by Gasteiger charge is -2.15. The van der Waals surface area contributed by atoms with Crippen molar-refractivity contribution in [3.8, 4) is 0 Å². The Labute approximate surface area is 116 Å². The van der Waals surface area contributed by atoms with Gasteiger partial charge in [0, 0.05) is 5.92 Å². The number of H-pyrrole nitrogens is 1. The molecule has 1 aromatic heterocycles. The second-order valence-corrected chi connectivity index (χ2v) is 4.94. The average Bonchev–Trinajstić information content (AvgIpc) is 3.22. The Balaban J connectivity index is 1.70. The number of nitrogens with one attached hydrogen (secondary N) is 2. The molecular weight excluding hydrogens is 256 g/mol. The summed E-state index contributed by atoms with van der Waals surface area (Å²) in [6.07, 6.45) is 2.19. The van der Waals surface area contributed by atoms with Crippen LogP contribution in [0.1, 0.15) is 46.8 Å². The minimum atomic E-state index is -0.452. The van der Waals surface area contributed by atoms with Crippen LogP contribution in [0.25, 0.3) is 0 Å². The Kier molecular flexibility index (Phi) is 3.47. The third kappa shape index (κ3) is 2.70. The molecule has 1 aliphatic carbocycles. The topological polar surface area (TPSA) is 90.9 Å². The molecular formula is C14H16N4O2. The van der Waals surface area contributed by atoms with Gasteiger partial charge in [-0.3, -0.25) is 9.89 Å². The van der Waals surface area contributed by atoms with Crippen LogP contribution >= 0.6 is 0 Å². The van der Waals surface area contributed by atoms with Crippen LogP contribution in [0.5, 0.6) is 0 Å². The van der Waals surface area contributed by atoms with E-state index >= 15 is 0 Å². The molecule has 1 amide bonds. The van der Waals surface area contributed by atoms with Crippen molar-refractivity contribution in [2.24, 2.45) is 0 Å². The lowest BCUT2D eigenvalue weighted by Crippen LogP contribution is -2.31. The number of benzene rings is 1. The molecule has 1 atom stereocenters. The molecule has 104 valence electrons. The largest absolute Gasteiger partial charge is 0.394 e. The Morgan fingerprint density at radius 3 is 2.80 bits per heavy atom. The zero-order valence-corrected chi connectivity index (χ0v) is 10.9. The maximum Gasteiger partial charge on any atom is 0.291 e. The molecule has 0 spiro atoms. The molecule has 3 N–H and O–H groups in total. The van der Waals surface area contributed by atoms with Crippen molar-refractivity contribution in [2.75, 3.05) is 6.61 Å². The van der Waals surface area contributed by atoms with E-state index in [1.54, 1.807) is 0 Å². The van der Waals surface area contributed by atoms with Gasteiger partial charge in [-0.2, -0.15) is 0 Å². The summed E-state index contributed by atoms with van der Waals surface area (Å²) in [4.78, 5) is 16.3. The van der Waals surface area contributed by atoms with E-state index in [-0.39, 0.29) is 18.3 Å². The first-order valence-corrected chi connectivity index (χ1v) is 6.67. The summed E-state index contributed by atoms with van der Waals surface area (Å²) in [6, 6.07) is 8.87. The van der Waals surface area contributed by atoms with Crippen molar-refractivity contribution in [1.29, 1.82) is 0 Å². The molecule has 0 unspecified atom stereocenters. The van der Waals surface area contributed by atoms with E-state index in [0.717, 1.165) is 24.2 Å². The highest BCUT2D eigenvalue weighted by atomic mass is 16.3. The van der Waals surface area contributed by atoms with Crippen LogP contribution in [0.2, 0.25) is 0 Å². The van der Waals surface area contributed by atoms with Gasteiger partial charge >= 0.3 is 0 Å². The van der Waals surface area contributed by atoms with E-state index in [4.69, 9.17) is 0 Å². The molecule has 0 aliphatic heterocycles. The highest BCUT2D eigenvalue weighted by molar-refractivity contribution is 5.90. The van der Waals surface area contributed by atoms with Gasteiger partial charge in [-0.1, -0.05) is 30.3 Å². The van der Waals surface area contributed by atoms with Crippen LogP contribution in [-0.2, 0) is 0 Å². The lowest BCUT2D eigenvalue weighted by molar-refractivity contribution is 0.0906. The van der Waals surface area contributed by atoms with Gasteiger partial charge in [-0.05, 0) is 18.4 Å². The molecule has 0 saturated heterocycles. The van der Waals surface area contributed by atoms with Gasteiger partial charge < -0.3 is 10.4 Å². The van der Waals surface area contributed by atoms with Crippen molar-refractivity contribution >= 4 is 5.91 Å². The molecule has 1 heterocycles. The van der Waals surface area contributed by atoms with Crippen LogP contribution in [0.3, 0.4) is 0 Å². The second-order valence-electron chi connectivity index (χ2n) is 4.94. The van der Waals surface area contributed by atoms with Gasteiger partial charge in [0.05, 0.1) is 12.6 Å². The van der Waals surface area contributed by atoms with E-state index in [0.29, 0.717) is 5.92 Å². The van der Waals surface area contributed by atoms with E-state index in [9.17, 15) is 9.90 Å². The molecule has 1 aromatic carbocycles. The smallest absolute Gasteiger partial charge is 0.291 e. The van der Waals surface area contributed by atoms with Gasteiger partial charge in [0.2, 0.25) is 5.82 Å². The van der Waals surface area contributed by atoms with Crippen LogP contribution in [0.4, 0.5) is 0 Å². The summed E-state index contributed by atoms with van der Waals surface area (Å²) in [5.41, 5.74) is 0.848. The number of hydrogen-bond acceptors (Lipinski definition) is 4. The maximum atomic E-state index is 12.1. The molecule has 6 nitrogen and oxygen atoms in total. The molecule has 1 fully saturated rings. The summed E-state index contributed by atoms with van der Waals surface area (Å²) in [6.45, 7) is -0.171. The number of aliphatic hydroxyl groups excluding tert-OH is 1. The van der Waals surface area contributed by atoms with Gasteiger partial charge in [0.15, 0.2) is 0 Å². The minimum absolute atomic E-state index is 0.126. The van der Waals surface area contributed by atoms with Gasteiger partial charge in [-0.15, -0.1) is 5.10 Å². The fourth-order valence-corrected chi connectivity index (χ4v) is 2.06. The number of nitrogens with zero attached hydrogens (tertiary/aromatic N) is 2. The second kappa shape index (κ2) is 5.42. The SMILES string of the molecule is O=C(N[C@H](CO)c1ccccc1)c1n[nH]c(C2CC2)n1. The summed E-state index contributed by atoms with van der Waals surface area (Å²) in [7, 11) is 0. The van der Waals surface area contributed by atoms with Crippen molar-refractivity contribution in [3.63, 3.8) is 0 Å². The first kappa shape index (κ1) is 12.8. The molecule has 2 aromatic rings. The van der Waals surface area contributed by atoms with E-state index < -0.39 is 6.04 Å². The van der Waals surface area contributed by atoms with Gasteiger partial charge in [-0.25, -0.2) is 4.98 Å². The first-order valence-electron chi connectivity index (χ1n) is 6.67. The van der Waals surface area contributed by atoms with Crippen molar-refractivity contribution in [1.82, 2.24) is 20.5 Å². The minimum Gasteiger partial charge on any atom is -0.394 e. The monoisotopic (exact) mass is 272 g/mol. The van der Waals surface area contributed by atoms with Crippen LogP contribution in [0, 0.1) is 0 Å². The Bertz CT molecular complexity index is 592. The standard InChI is InChI=1S/C14H16N4O2/c19-8-11(9-4-2-1-3-5-9)15-14(20)13-16-12(17-18-13)10-6-7-10/h1-5,10-11,19H,6-8H2,(H,15,20)(H,16,17,18)/t11-/m1/s1. The van der Waals surface area contributed by atoms with Crippen LogP contribution < -0.4 is 5.32 Å². The summed E-state index contributed by atoms with van der Waals surface area (Å²) < 4.78 is 0. The van der Waals surface area contributed by atoms with E-state index in [1.165, 1.54) is 0 Å². The van der Waals surface area contributed by atoms with Crippen molar-refractivity contribution in [2.45, 2.75) is 24.8 Å². The Morgan fingerprint density at radius 2 is 2.15 bits per heavy atom. The first-order chi connectivity index (χ1) is 9.78. The molecule has 1 saturated carbocycles. The number of rotatable bonds is 5. The normalized spacial score (nSPS) is 15.8. The number of aromatic nitrogens is 3. The predicted octanol–water partition coefficient (Wildman–Crippen LogP) is 1.15. The Morgan fingerprint density at radius 1 is 1.40 bits per heavy atom. The number of amides is 1. The summed E-state index contributed by atoms with van der Waals surface area (Å²) in [5.74, 6) is 0.944. The average molecular weight is 272 g/mol. The van der Waals surface area contributed by atoms with Crippen molar-refractivity contribution < 1.29 is 9.90 Å². The lowest BCUT2D eigenvalue weighted by atomic mass is 10.1. The third-order valence-corrected chi connectivity index (χ3v) is 3.36. The molecule has 0 radical (unpaired) electrons. The predicted molar refractivity (Wildman–Crippen MR) is 72.1 cm³/mol. The Hall–Kier alpha value is -2.21. The summed E-state index contributed by atoms with van der Waals surface area (Å²) in [5, 5.41) is 18.9. The number of carbonyl (C=O) groups is 1. The number of aromatic amines is 1. The third-order valence-electron chi connectivity index (χ3n) is 3.36. The van der Waals surface area contributed by atoms with Crippen LogP contribution in [0.15, 0.2) is 30.3 Å². The molecule has 0 bridgehead atoms. The quantitative estimate of drug-likeness (QED) is 0.761. The fourth-order valence-electron chi connectivity index (χ4n) is 2.06. The number of aliphatic hydroxyl groups is 1. The highest BCUT2D eigenvalue weighted by Gasteiger charge is 2.28. The number of carbonyl (C=O) groups excluding carboxylic acids is 1. The van der Waals surface area contributed by atoms with E-state index in [1.807, 2.05) is 30.3 Å². The maximum absolute atomic E-state index is 12.1. The molecule has 1 aliphatic rings. The molecule has 3 rings (SSSR count). The molecule has 6 heteroatoms. The zero-order valence-electron chi connectivity index (χ0n) is 10.9. The van der Waals surface area contributed by atoms with Gasteiger partial charge in [0.1, 0.15) is 5.82 Å². The van der Waals surface area contributed by atoms with Gasteiger partial charge in [0.25, 0.3) is 5.91 Å². The van der Waals surface area contributed by atoms with Crippen molar-refractivity contribution in [3.05, 3.63) is 47.5 Å². The highest BCUT2D eigenvalue weighted by Crippen LogP contribution is 2.37. The number of hydrogen-bond donors (Lipinski definition) is 3.